The van der Waals surface area contributed by atoms with Gasteiger partial charge >= 0.3 is 0 Å². The van der Waals surface area contributed by atoms with Crippen molar-refractivity contribution in [3.05, 3.63) is 180 Å². The largest absolute Gasteiger partial charge is 0.456 e. The molecule has 0 spiro atoms. The predicted molar refractivity (Wildman–Crippen MR) is 312 cm³/mol. The fourth-order valence-corrected chi connectivity index (χ4v) is 13.1. The van der Waals surface area contributed by atoms with Crippen LogP contribution in [0.1, 0.15) is 105 Å². The molecule has 0 saturated heterocycles. The number of para-hydroxylation sites is 1. The second-order valence-electron chi connectivity index (χ2n) is 24.7. The fraction of sp³-hybridized carbons (Fsp3) is 0.242. The highest BCUT2D eigenvalue weighted by Crippen LogP contribution is 2.51. The van der Waals surface area contributed by atoms with Crippen LogP contribution < -0.4 is 26.2 Å². The molecule has 356 valence electrons. The molecule has 2 aliphatic heterocycles. The highest BCUT2D eigenvalue weighted by atomic mass is 32.1. The molecule has 0 amide bonds. The van der Waals surface area contributed by atoms with Crippen LogP contribution in [0.15, 0.2) is 162 Å². The summed E-state index contributed by atoms with van der Waals surface area (Å²) in [4.78, 5) is 5.11. The van der Waals surface area contributed by atoms with Gasteiger partial charge in [-0.05, 0) is 133 Å². The Hall–Kier alpha value is -7.02. The van der Waals surface area contributed by atoms with E-state index in [0.717, 1.165) is 44.7 Å². The first-order valence-electron chi connectivity index (χ1n) is 25.8. The zero-order valence-corrected chi connectivity index (χ0v) is 44.6. The Morgan fingerprint density at radius 1 is 0.431 bits per heavy atom. The summed E-state index contributed by atoms with van der Waals surface area (Å²) in [5, 5.41) is 4.86. The molecule has 6 heteroatoms. The number of fused-ring (bicyclic) bond motifs is 12. The highest BCUT2D eigenvalue weighted by molar-refractivity contribution is 7.26. The number of nitrogens with zero attached hydrogens (tertiary/aromatic N) is 3. The zero-order chi connectivity index (χ0) is 50.0. The third-order valence-electron chi connectivity index (χ3n) is 15.8. The smallest absolute Gasteiger partial charge is 0.252 e. The van der Waals surface area contributed by atoms with Gasteiger partial charge in [0.2, 0.25) is 0 Å². The van der Waals surface area contributed by atoms with E-state index in [1.165, 1.54) is 86.9 Å². The first-order valence-corrected chi connectivity index (χ1v) is 26.6. The second-order valence-corrected chi connectivity index (χ2v) is 25.7. The number of hydrogen-bond donors (Lipinski definition) is 0. The Kier molecular flexibility index (Phi) is 9.51. The minimum atomic E-state index is -0.0936. The predicted octanol–water partition coefficient (Wildman–Crippen LogP) is 17.2. The number of anilines is 6. The van der Waals surface area contributed by atoms with Gasteiger partial charge in [0.25, 0.3) is 6.71 Å². The molecule has 72 heavy (non-hydrogen) atoms. The van der Waals surface area contributed by atoms with Crippen LogP contribution in [0.3, 0.4) is 0 Å². The van der Waals surface area contributed by atoms with Crippen LogP contribution >= 0.6 is 11.3 Å². The van der Waals surface area contributed by atoms with E-state index in [0.29, 0.717) is 0 Å². The molecule has 0 unspecified atom stereocenters. The number of furan rings is 1. The number of aromatic nitrogens is 1. The maximum Gasteiger partial charge on any atom is 0.252 e. The average molecular weight is 956 g/mol. The first-order chi connectivity index (χ1) is 34.2. The summed E-state index contributed by atoms with van der Waals surface area (Å²) >= 11 is 1.94. The molecule has 0 bridgehead atoms. The van der Waals surface area contributed by atoms with E-state index in [4.69, 9.17) is 4.42 Å². The SMILES string of the molecule is CC(C)(C)c1ccc(N(c2ccc(C(C)(C)C)cc2)c2cc3c4c(c2)-n2c5c(cc(C(C)(C)C)cc5c5sc6ccccc6c52)B4c2ccc(C(C)(C)C)cc2N3c2cccc3oc4ccccc4c23)cc1. The van der Waals surface area contributed by atoms with Crippen molar-refractivity contribution >= 4 is 122 Å². The van der Waals surface area contributed by atoms with Crippen LogP contribution in [-0.2, 0) is 21.7 Å². The topological polar surface area (TPSA) is 24.6 Å². The third-order valence-corrected chi connectivity index (χ3v) is 17.0. The van der Waals surface area contributed by atoms with Gasteiger partial charge in [0.15, 0.2) is 0 Å². The summed E-state index contributed by atoms with van der Waals surface area (Å²) in [5.74, 6) is 0. The molecule has 0 N–H and O–H groups in total. The lowest BCUT2D eigenvalue weighted by molar-refractivity contribution is 0.590. The van der Waals surface area contributed by atoms with Gasteiger partial charge in [-0.2, -0.15) is 0 Å². The molecule has 0 saturated carbocycles. The van der Waals surface area contributed by atoms with Crippen molar-refractivity contribution in [1.29, 1.82) is 0 Å². The van der Waals surface area contributed by atoms with Crippen LogP contribution in [0.25, 0.3) is 58.8 Å². The van der Waals surface area contributed by atoms with Crippen molar-refractivity contribution in [2.24, 2.45) is 0 Å². The summed E-state index contributed by atoms with van der Waals surface area (Å²) in [5.41, 5.74) is 21.5. The summed E-state index contributed by atoms with van der Waals surface area (Å²) in [7, 11) is 0. The Morgan fingerprint density at radius 3 is 1.67 bits per heavy atom. The maximum absolute atomic E-state index is 6.72. The second kappa shape index (κ2) is 15.3. The molecule has 5 heterocycles. The summed E-state index contributed by atoms with van der Waals surface area (Å²) in [6.45, 7) is 27.9. The molecule has 8 aromatic carbocycles. The van der Waals surface area contributed by atoms with E-state index in [-0.39, 0.29) is 28.4 Å². The van der Waals surface area contributed by atoms with Crippen LogP contribution in [0.5, 0.6) is 0 Å². The Balaban J connectivity index is 1.22. The van der Waals surface area contributed by atoms with Gasteiger partial charge in [0.05, 0.1) is 32.5 Å². The number of benzene rings is 8. The van der Waals surface area contributed by atoms with E-state index in [2.05, 4.69) is 255 Å². The standard InChI is InChI=1S/C66H62BN3OS/c1-63(2,3)39-24-29-43(30-25-39)68(44-31-26-40(27-32-44)64(4,5)6)45-37-53-59-54(38-45)70-60-48(62-61(70)47-19-14-16-23-57(47)72-62)34-42(66(10,11)12)35-50(60)67(59)49-33-28-41(65(7,8)9)36-52(49)69(53)51-20-17-22-56-58(51)46-18-13-15-21-55(46)71-56/h13-38H,1-12H3. The minimum Gasteiger partial charge on any atom is -0.456 e. The summed E-state index contributed by atoms with van der Waals surface area (Å²) < 4.78 is 12.1. The molecule has 0 radical (unpaired) electrons. The molecule has 2 aliphatic rings. The van der Waals surface area contributed by atoms with Gasteiger partial charge in [0, 0.05) is 49.3 Å². The van der Waals surface area contributed by atoms with Crippen molar-refractivity contribution in [3.8, 4) is 5.69 Å². The van der Waals surface area contributed by atoms with Crippen LogP contribution in [0, 0.1) is 0 Å². The maximum atomic E-state index is 6.72. The lowest BCUT2D eigenvalue weighted by Gasteiger charge is -2.42. The molecular formula is C66H62BN3OS. The van der Waals surface area contributed by atoms with E-state index in [1.807, 2.05) is 11.3 Å². The minimum absolute atomic E-state index is 0.00944. The zero-order valence-electron chi connectivity index (χ0n) is 43.7. The average Bonchev–Trinajstić information content (AvgIpc) is 4.01. The van der Waals surface area contributed by atoms with E-state index >= 15 is 0 Å². The molecule has 0 aliphatic carbocycles. The molecule has 0 fully saturated rings. The monoisotopic (exact) mass is 955 g/mol. The van der Waals surface area contributed by atoms with Crippen molar-refractivity contribution in [3.63, 3.8) is 0 Å². The molecule has 13 rings (SSSR count). The number of hydrogen-bond acceptors (Lipinski definition) is 4. The van der Waals surface area contributed by atoms with Crippen molar-refractivity contribution in [2.75, 3.05) is 9.80 Å². The lowest BCUT2D eigenvalue weighted by Crippen LogP contribution is -2.60. The van der Waals surface area contributed by atoms with Gasteiger partial charge in [-0.3, -0.25) is 0 Å². The van der Waals surface area contributed by atoms with Crippen molar-refractivity contribution in [1.82, 2.24) is 4.57 Å². The Morgan fingerprint density at radius 2 is 1.01 bits per heavy atom. The molecule has 0 atom stereocenters. The van der Waals surface area contributed by atoms with Crippen LogP contribution in [-0.4, -0.2) is 11.3 Å². The molecule has 11 aromatic rings. The highest BCUT2D eigenvalue weighted by Gasteiger charge is 2.45. The van der Waals surface area contributed by atoms with Gasteiger partial charge < -0.3 is 18.8 Å². The summed E-state index contributed by atoms with van der Waals surface area (Å²) in [6, 6.07) is 60.3. The van der Waals surface area contributed by atoms with Gasteiger partial charge in [-0.25, -0.2) is 0 Å². The fourth-order valence-electron chi connectivity index (χ4n) is 11.9. The van der Waals surface area contributed by atoms with Crippen LogP contribution in [0.4, 0.5) is 34.1 Å². The van der Waals surface area contributed by atoms with Crippen molar-refractivity contribution < 1.29 is 4.42 Å². The molecular weight excluding hydrogens is 894 g/mol. The third kappa shape index (κ3) is 6.70. The van der Waals surface area contributed by atoms with Gasteiger partial charge in [-0.15, -0.1) is 11.3 Å². The normalized spacial score (nSPS) is 13.8. The number of rotatable bonds is 4. The van der Waals surface area contributed by atoms with E-state index < -0.39 is 0 Å². The first kappa shape index (κ1) is 44.9. The van der Waals surface area contributed by atoms with E-state index in [1.54, 1.807) is 0 Å². The molecule has 3 aromatic heterocycles. The Bertz CT molecular complexity index is 3970. The molecule has 4 nitrogen and oxygen atoms in total. The number of thiophene rings is 1. The van der Waals surface area contributed by atoms with Crippen LogP contribution in [0.2, 0.25) is 0 Å². The van der Waals surface area contributed by atoms with Gasteiger partial charge in [-0.1, -0.05) is 168 Å². The Labute approximate surface area is 428 Å². The van der Waals surface area contributed by atoms with E-state index in [9.17, 15) is 0 Å². The lowest BCUT2D eigenvalue weighted by atomic mass is 9.33. The summed E-state index contributed by atoms with van der Waals surface area (Å²) in [6.07, 6.45) is 0. The van der Waals surface area contributed by atoms with Crippen molar-refractivity contribution in [2.45, 2.75) is 105 Å². The van der Waals surface area contributed by atoms with Gasteiger partial charge in [0.1, 0.15) is 11.2 Å². The quantitative estimate of drug-likeness (QED) is 0.164.